The molecule has 0 saturated carbocycles. The van der Waals surface area contributed by atoms with Gasteiger partial charge in [-0.3, -0.25) is 0 Å². The molecule has 0 aliphatic rings. The molecule has 0 aliphatic carbocycles. The van der Waals surface area contributed by atoms with Crippen molar-refractivity contribution >= 4 is 0 Å². The molecule has 0 aromatic heterocycles. The Morgan fingerprint density at radius 2 is 1.67 bits per heavy atom. The van der Waals surface area contributed by atoms with E-state index in [1.807, 2.05) is 24.3 Å². The highest BCUT2D eigenvalue weighted by atomic mass is 16.3. The van der Waals surface area contributed by atoms with Crippen LogP contribution in [0.25, 0.3) is 0 Å². The first kappa shape index (κ1) is 6.43. The quantitative estimate of drug-likeness (QED) is 0.563. The average Bonchev–Trinajstić information content (AvgIpc) is 2.08. The summed E-state index contributed by atoms with van der Waals surface area (Å²) in [5.74, 6) is 0. The van der Waals surface area contributed by atoms with E-state index in [1.165, 1.54) is 0 Å². The molecule has 1 nitrogen and oxygen atoms in total. The van der Waals surface area contributed by atoms with E-state index in [4.69, 9.17) is 0 Å². The summed E-state index contributed by atoms with van der Waals surface area (Å²) in [4.78, 5) is 0. The van der Waals surface area contributed by atoms with Crippen LogP contribution in [0.2, 0.25) is 0 Å². The van der Waals surface area contributed by atoms with Gasteiger partial charge in [-0.2, -0.15) is 12.1 Å². The molecule has 0 fully saturated rings. The van der Waals surface area contributed by atoms with Crippen molar-refractivity contribution in [1.29, 1.82) is 0 Å². The molecular formula is C8H11O-. The van der Waals surface area contributed by atoms with E-state index in [9.17, 15) is 5.11 Å². The van der Waals surface area contributed by atoms with Gasteiger partial charge in [0.15, 0.2) is 0 Å². The zero-order valence-corrected chi connectivity index (χ0v) is 5.76. The Labute approximate surface area is 55.3 Å². The molecule has 1 aromatic rings. The number of hydrogen-bond donors (Lipinski definition) is 1. The average molecular weight is 123 g/mol. The molecule has 9 heavy (non-hydrogen) atoms. The van der Waals surface area contributed by atoms with Gasteiger partial charge >= 0.3 is 0 Å². The fourth-order valence-electron chi connectivity index (χ4n) is 0.782. The van der Waals surface area contributed by atoms with Crippen molar-refractivity contribution in [2.45, 2.75) is 19.4 Å². The Kier molecular flexibility index (Phi) is 1.37. The molecular weight excluding hydrogens is 112 g/mol. The maximum atomic E-state index is 9.38. The zero-order chi connectivity index (χ0) is 6.91. The Hall–Kier alpha value is -0.690. The normalized spacial score (nSPS) is 11.9. The highest BCUT2D eigenvalue weighted by Crippen LogP contribution is 2.18. The van der Waals surface area contributed by atoms with Crippen LogP contribution in [0.3, 0.4) is 0 Å². The smallest absolute Gasteiger partial charge is 0.0405 e. The molecule has 0 atom stereocenters. The standard InChI is InChI=1S/C8H11O/c1-8(2,9)7-5-3-4-6-7/h3-6,9H,1-2H3/q-1. The number of aliphatic hydroxyl groups is 1. The van der Waals surface area contributed by atoms with Crippen LogP contribution in [0.5, 0.6) is 0 Å². The zero-order valence-electron chi connectivity index (χ0n) is 5.76. The molecule has 0 radical (unpaired) electrons. The second kappa shape index (κ2) is 1.92. The van der Waals surface area contributed by atoms with Gasteiger partial charge in [-0.05, 0) is 13.8 Å². The molecule has 50 valence electrons. The molecule has 0 amide bonds. The minimum atomic E-state index is -0.677. The van der Waals surface area contributed by atoms with E-state index in [-0.39, 0.29) is 0 Å². The van der Waals surface area contributed by atoms with Crippen LogP contribution in [0, 0.1) is 0 Å². The van der Waals surface area contributed by atoms with Crippen LogP contribution < -0.4 is 0 Å². The lowest BCUT2D eigenvalue weighted by atomic mass is 10.0. The van der Waals surface area contributed by atoms with Crippen LogP contribution in [-0.4, -0.2) is 5.11 Å². The topological polar surface area (TPSA) is 20.2 Å². The summed E-state index contributed by atoms with van der Waals surface area (Å²) in [6.07, 6.45) is 0. The summed E-state index contributed by atoms with van der Waals surface area (Å²) < 4.78 is 0. The minimum Gasteiger partial charge on any atom is -0.398 e. The Morgan fingerprint density at radius 1 is 1.22 bits per heavy atom. The lowest BCUT2D eigenvalue weighted by molar-refractivity contribution is 0.0789. The van der Waals surface area contributed by atoms with Gasteiger partial charge in [0, 0.05) is 5.60 Å². The SMILES string of the molecule is CC(C)(O)[c-]1cccc1. The van der Waals surface area contributed by atoms with Crippen molar-refractivity contribution in [3.8, 4) is 0 Å². The fraction of sp³-hybridized carbons (Fsp3) is 0.375. The second-order valence-corrected chi connectivity index (χ2v) is 2.73. The summed E-state index contributed by atoms with van der Waals surface area (Å²) in [7, 11) is 0. The van der Waals surface area contributed by atoms with E-state index in [1.54, 1.807) is 13.8 Å². The third-order valence-corrected chi connectivity index (χ3v) is 1.37. The highest BCUT2D eigenvalue weighted by Gasteiger charge is 2.08. The van der Waals surface area contributed by atoms with E-state index in [0.717, 1.165) is 5.56 Å². The van der Waals surface area contributed by atoms with E-state index >= 15 is 0 Å². The maximum absolute atomic E-state index is 9.38. The Bertz CT molecular complexity index is 167. The molecule has 1 rings (SSSR count). The summed E-state index contributed by atoms with van der Waals surface area (Å²) in [6.45, 7) is 3.56. The van der Waals surface area contributed by atoms with E-state index in [0.29, 0.717) is 0 Å². The van der Waals surface area contributed by atoms with Crippen molar-refractivity contribution < 1.29 is 5.11 Å². The third-order valence-electron chi connectivity index (χ3n) is 1.37. The van der Waals surface area contributed by atoms with Gasteiger partial charge < -0.3 is 5.11 Å². The Balaban J connectivity index is 2.90. The second-order valence-electron chi connectivity index (χ2n) is 2.73. The summed E-state index contributed by atoms with van der Waals surface area (Å²) in [5.41, 5.74) is 0.297. The van der Waals surface area contributed by atoms with Gasteiger partial charge in [-0.25, -0.2) is 12.1 Å². The van der Waals surface area contributed by atoms with Crippen LogP contribution in [0.4, 0.5) is 0 Å². The van der Waals surface area contributed by atoms with Crippen LogP contribution >= 0.6 is 0 Å². The van der Waals surface area contributed by atoms with Crippen molar-refractivity contribution in [2.24, 2.45) is 0 Å². The van der Waals surface area contributed by atoms with Crippen LogP contribution in [0.1, 0.15) is 19.4 Å². The molecule has 0 spiro atoms. The summed E-state index contributed by atoms with van der Waals surface area (Å²) >= 11 is 0. The van der Waals surface area contributed by atoms with Crippen molar-refractivity contribution in [2.75, 3.05) is 0 Å². The molecule has 0 aliphatic heterocycles. The van der Waals surface area contributed by atoms with Gasteiger partial charge in [0.1, 0.15) is 0 Å². The molecule has 0 unspecified atom stereocenters. The highest BCUT2D eigenvalue weighted by molar-refractivity contribution is 5.21. The monoisotopic (exact) mass is 123 g/mol. The maximum Gasteiger partial charge on any atom is 0.0405 e. The van der Waals surface area contributed by atoms with Gasteiger partial charge in [-0.1, -0.05) is 0 Å². The number of rotatable bonds is 1. The summed E-state index contributed by atoms with van der Waals surface area (Å²) in [6, 6.07) is 7.68. The minimum absolute atomic E-state index is 0.677. The van der Waals surface area contributed by atoms with Gasteiger partial charge in [-0.15, -0.1) is 5.56 Å². The van der Waals surface area contributed by atoms with Crippen molar-refractivity contribution in [3.05, 3.63) is 29.8 Å². The fourth-order valence-corrected chi connectivity index (χ4v) is 0.782. The first-order chi connectivity index (χ1) is 4.11. The first-order valence-corrected chi connectivity index (χ1v) is 3.05. The molecule has 0 saturated heterocycles. The molecule has 1 aromatic carbocycles. The first-order valence-electron chi connectivity index (χ1n) is 3.05. The lowest BCUT2D eigenvalue weighted by Crippen LogP contribution is -2.13. The third kappa shape index (κ3) is 1.36. The summed E-state index contributed by atoms with van der Waals surface area (Å²) in [5, 5.41) is 9.38. The van der Waals surface area contributed by atoms with E-state index in [2.05, 4.69) is 0 Å². The van der Waals surface area contributed by atoms with Gasteiger partial charge in [0.2, 0.25) is 0 Å². The van der Waals surface area contributed by atoms with E-state index < -0.39 is 5.60 Å². The predicted octanol–water partition coefficient (Wildman–Crippen LogP) is 1.63. The number of hydrogen-bond acceptors (Lipinski definition) is 1. The van der Waals surface area contributed by atoms with Crippen molar-refractivity contribution in [3.63, 3.8) is 0 Å². The molecule has 0 heterocycles. The lowest BCUT2D eigenvalue weighted by Gasteiger charge is -2.20. The van der Waals surface area contributed by atoms with Crippen molar-refractivity contribution in [1.82, 2.24) is 0 Å². The molecule has 0 bridgehead atoms. The Morgan fingerprint density at radius 3 is 1.89 bits per heavy atom. The largest absolute Gasteiger partial charge is 0.398 e. The van der Waals surface area contributed by atoms with Crippen LogP contribution in [0.15, 0.2) is 24.3 Å². The molecule has 1 heteroatoms. The van der Waals surface area contributed by atoms with Crippen LogP contribution in [-0.2, 0) is 5.60 Å². The van der Waals surface area contributed by atoms with Gasteiger partial charge in [0.05, 0.1) is 0 Å². The van der Waals surface area contributed by atoms with Gasteiger partial charge in [0.25, 0.3) is 0 Å². The molecule has 1 N–H and O–H groups in total. The predicted molar refractivity (Wildman–Crippen MR) is 37.3 cm³/mol.